The summed E-state index contributed by atoms with van der Waals surface area (Å²) in [6, 6.07) is 0. The zero-order valence-corrected chi connectivity index (χ0v) is 8.98. The molecule has 0 radical (unpaired) electrons. The molecule has 74 valence electrons. The molecule has 0 spiro atoms. The smallest absolute Gasteiger partial charge is 0.000837 e. The van der Waals surface area contributed by atoms with E-state index in [2.05, 4.69) is 31.4 Å². The van der Waals surface area contributed by atoms with Crippen molar-refractivity contribution in [2.75, 3.05) is 26.7 Å². The molecule has 0 aliphatic carbocycles. The minimum atomic E-state index is 0.761. The van der Waals surface area contributed by atoms with Gasteiger partial charge in [-0.2, -0.15) is 0 Å². The first-order chi connectivity index (χ1) is 5.70. The van der Waals surface area contributed by atoms with Gasteiger partial charge in [-0.3, -0.25) is 0 Å². The van der Waals surface area contributed by atoms with Crippen LogP contribution in [0.25, 0.3) is 0 Å². The topological polar surface area (TPSA) is 24.1 Å². The number of hydrogen-bond acceptors (Lipinski definition) is 2. The summed E-state index contributed by atoms with van der Waals surface area (Å²) in [6.45, 7) is 10.1. The first-order valence-corrected chi connectivity index (χ1v) is 5.06. The molecule has 0 saturated carbocycles. The van der Waals surface area contributed by atoms with E-state index < -0.39 is 0 Å². The molecule has 0 aliphatic rings. The predicted molar refractivity (Wildman–Crippen MR) is 55.4 cm³/mol. The van der Waals surface area contributed by atoms with Crippen LogP contribution < -0.4 is 10.6 Å². The quantitative estimate of drug-likeness (QED) is 0.608. The Morgan fingerprint density at radius 1 is 1.08 bits per heavy atom. The van der Waals surface area contributed by atoms with Gasteiger partial charge in [0.1, 0.15) is 0 Å². The third kappa shape index (κ3) is 6.62. The van der Waals surface area contributed by atoms with E-state index in [-0.39, 0.29) is 0 Å². The van der Waals surface area contributed by atoms with Crippen LogP contribution in [0.2, 0.25) is 0 Å². The molecule has 2 nitrogen and oxygen atoms in total. The molecule has 0 aliphatic heterocycles. The van der Waals surface area contributed by atoms with E-state index in [1.807, 2.05) is 7.05 Å². The SMILES string of the molecule is CCC(CNC)CNCC(C)C. The second-order valence-corrected chi connectivity index (χ2v) is 3.88. The number of hydrogen-bond donors (Lipinski definition) is 2. The molecule has 2 N–H and O–H groups in total. The summed E-state index contributed by atoms with van der Waals surface area (Å²) in [5.41, 5.74) is 0. The Kier molecular flexibility index (Phi) is 7.51. The van der Waals surface area contributed by atoms with Gasteiger partial charge in [-0.15, -0.1) is 0 Å². The van der Waals surface area contributed by atoms with E-state index in [4.69, 9.17) is 0 Å². The van der Waals surface area contributed by atoms with Crippen LogP contribution in [0.15, 0.2) is 0 Å². The highest BCUT2D eigenvalue weighted by atomic mass is 14.9. The molecule has 2 heteroatoms. The lowest BCUT2D eigenvalue weighted by atomic mass is 10.1. The summed E-state index contributed by atoms with van der Waals surface area (Å²) in [4.78, 5) is 0. The van der Waals surface area contributed by atoms with E-state index >= 15 is 0 Å². The van der Waals surface area contributed by atoms with Crippen LogP contribution in [-0.2, 0) is 0 Å². The lowest BCUT2D eigenvalue weighted by Gasteiger charge is -2.15. The summed E-state index contributed by atoms with van der Waals surface area (Å²) < 4.78 is 0. The summed E-state index contributed by atoms with van der Waals surface area (Å²) in [5.74, 6) is 1.55. The molecule has 0 fully saturated rings. The van der Waals surface area contributed by atoms with Crippen molar-refractivity contribution in [1.29, 1.82) is 0 Å². The third-order valence-electron chi connectivity index (χ3n) is 2.06. The second kappa shape index (κ2) is 7.56. The molecule has 0 saturated heterocycles. The highest BCUT2D eigenvalue weighted by Crippen LogP contribution is 1.98. The third-order valence-corrected chi connectivity index (χ3v) is 2.06. The molecule has 0 rings (SSSR count). The Morgan fingerprint density at radius 3 is 2.17 bits per heavy atom. The fraction of sp³-hybridized carbons (Fsp3) is 1.00. The Labute approximate surface area is 77.1 Å². The fourth-order valence-corrected chi connectivity index (χ4v) is 1.23. The van der Waals surface area contributed by atoms with Gasteiger partial charge in [-0.25, -0.2) is 0 Å². The van der Waals surface area contributed by atoms with Gasteiger partial charge < -0.3 is 10.6 Å². The van der Waals surface area contributed by atoms with Gasteiger partial charge in [-0.05, 0) is 38.5 Å². The maximum Gasteiger partial charge on any atom is -0.000837 e. The monoisotopic (exact) mass is 172 g/mol. The molecule has 1 atom stereocenters. The minimum Gasteiger partial charge on any atom is -0.319 e. The molecule has 0 aromatic rings. The van der Waals surface area contributed by atoms with Crippen molar-refractivity contribution in [3.05, 3.63) is 0 Å². The number of rotatable bonds is 7. The van der Waals surface area contributed by atoms with E-state index in [1.54, 1.807) is 0 Å². The average molecular weight is 172 g/mol. The van der Waals surface area contributed by atoms with Gasteiger partial charge in [0.25, 0.3) is 0 Å². The van der Waals surface area contributed by atoms with Crippen molar-refractivity contribution in [1.82, 2.24) is 10.6 Å². The first kappa shape index (κ1) is 11.9. The van der Waals surface area contributed by atoms with E-state index in [0.717, 1.165) is 31.5 Å². The van der Waals surface area contributed by atoms with E-state index in [0.29, 0.717) is 0 Å². The van der Waals surface area contributed by atoms with Crippen LogP contribution in [0.5, 0.6) is 0 Å². The molecular formula is C10H24N2. The summed E-state index contributed by atoms with van der Waals surface area (Å²) in [7, 11) is 2.02. The van der Waals surface area contributed by atoms with Gasteiger partial charge in [0, 0.05) is 0 Å². The fourth-order valence-electron chi connectivity index (χ4n) is 1.23. The first-order valence-electron chi connectivity index (χ1n) is 5.06. The highest BCUT2D eigenvalue weighted by Gasteiger charge is 2.03. The molecular weight excluding hydrogens is 148 g/mol. The Bertz CT molecular complexity index is 91.8. The van der Waals surface area contributed by atoms with Gasteiger partial charge in [-0.1, -0.05) is 27.2 Å². The van der Waals surface area contributed by atoms with Crippen LogP contribution in [0, 0.1) is 11.8 Å². The standard InChI is InChI=1S/C10H24N2/c1-5-10(7-11-4)8-12-6-9(2)3/h9-12H,5-8H2,1-4H3. The van der Waals surface area contributed by atoms with Crippen LogP contribution in [0.1, 0.15) is 27.2 Å². The zero-order valence-electron chi connectivity index (χ0n) is 8.98. The van der Waals surface area contributed by atoms with Crippen molar-refractivity contribution in [3.8, 4) is 0 Å². The van der Waals surface area contributed by atoms with Crippen LogP contribution in [-0.4, -0.2) is 26.7 Å². The zero-order chi connectivity index (χ0) is 9.40. The number of nitrogens with one attached hydrogen (secondary N) is 2. The van der Waals surface area contributed by atoms with E-state index in [1.165, 1.54) is 6.42 Å². The van der Waals surface area contributed by atoms with Crippen LogP contribution in [0.4, 0.5) is 0 Å². The minimum absolute atomic E-state index is 0.761. The molecule has 0 aromatic heterocycles. The maximum atomic E-state index is 3.48. The molecule has 0 heterocycles. The van der Waals surface area contributed by atoms with Gasteiger partial charge >= 0.3 is 0 Å². The Morgan fingerprint density at radius 2 is 1.75 bits per heavy atom. The van der Waals surface area contributed by atoms with Gasteiger partial charge in [0.2, 0.25) is 0 Å². The van der Waals surface area contributed by atoms with Gasteiger partial charge in [0.05, 0.1) is 0 Å². The summed E-state index contributed by atoms with van der Waals surface area (Å²) in [5, 5.41) is 6.70. The molecule has 12 heavy (non-hydrogen) atoms. The lowest BCUT2D eigenvalue weighted by molar-refractivity contribution is 0.427. The van der Waals surface area contributed by atoms with Crippen molar-refractivity contribution in [3.63, 3.8) is 0 Å². The second-order valence-electron chi connectivity index (χ2n) is 3.88. The predicted octanol–water partition coefficient (Wildman–Crippen LogP) is 1.48. The largest absolute Gasteiger partial charge is 0.319 e. The summed E-state index contributed by atoms with van der Waals surface area (Å²) in [6.07, 6.45) is 1.26. The Balaban J connectivity index is 3.31. The van der Waals surface area contributed by atoms with Crippen molar-refractivity contribution < 1.29 is 0 Å². The lowest BCUT2D eigenvalue weighted by Crippen LogP contribution is -2.31. The normalized spacial score (nSPS) is 13.8. The van der Waals surface area contributed by atoms with Crippen LogP contribution in [0.3, 0.4) is 0 Å². The van der Waals surface area contributed by atoms with Crippen molar-refractivity contribution >= 4 is 0 Å². The van der Waals surface area contributed by atoms with Crippen molar-refractivity contribution in [2.24, 2.45) is 11.8 Å². The van der Waals surface area contributed by atoms with Crippen molar-refractivity contribution in [2.45, 2.75) is 27.2 Å². The average Bonchev–Trinajstić information content (AvgIpc) is 2.02. The summed E-state index contributed by atoms with van der Waals surface area (Å²) >= 11 is 0. The molecule has 0 bridgehead atoms. The Hall–Kier alpha value is -0.0800. The van der Waals surface area contributed by atoms with E-state index in [9.17, 15) is 0 Å². The van der Waals surface area contributed by atoms with Gasteiger partial charge in [0.15, 0.2) is 0 Å². The van der Waals surface area contributed by atoms with Crippen LogP contribution >= 0.6 is 0 Å². The highest BCUT2D eigenvalue weighted by molar-refractivity contribution is 4.63. The maximum absolute atomic E-state index is 3.48. The molecule has 0 amide bonds. The molecule has 0 aromatic carbocycles. The molecule has 1 unspecified atom stereocenters.